The summed E-state index contributed by atoms with van der Waals surface area (Å²) in [7, 11) is 0. The Morgan fingerprint density at radius 1 is 0.909 bits per heavy atom. The molecule has 0 spiro atoms. The lowest BCUT2D eigenvalue weighted by molar-refractivity contribution is -0.136. The number of piperazine rings is 1. The van der Waals surface area contributed by atoms with Crippen LogP contribution in [0.25, 0.3) is 0 Å². The van der Waals surface area contributed by atoms with Crippen LogP contribution in [0.15, 0.2) is 79.1 Å². The van der Waals surface area contributed by atoms with E-state index in [4.69, 9.17) is 0 Å². The molecule has 8 heteroatoms. The molecule has 1 atom stereocenters. The van der Waals surface area contributed by atoms with Crippen molar-refractivity contribution in [3.63, 3.8) is 0 Å². The molecule has 1 fully saturated rings. The quantitative estimate of drug-likeness (QED) is 0.569. The molecule has 4 rings (SSSR count). The predicted octanol–water partition coefficient (Wildman–Crippen LogP) is 2.84. The van der Waals surface area contributed by atoms with Gasteiger partial charge in [0, 0.05) is 56.5 Å². The molecule has 1 aromatic heterocycles. The molecule has 2 N–H and O–H groups in total. The normalized spacial score (nSPS) is 15.0. The monoisotopic (exact) mass is 447 g/mol. The zero-order chi connectivity index (χ0) is 23.0. The van der Waals surface area contributed by atoms with Gasteiger partial charge in [-0.05, 0) is 48.0 Å². The molecule has 0 unspecified atom stereocenters. The number of aromatic nitrogens is 1. The Balaban J connectivity index is 1.38. The van der Waals surface area contributed by atoms with Gasteiger partial charge in [-0.15, -0.1) is 0 Å². The van der Waals surface area contributed by atoms with Crippen molar-refractivity contribution in [3.8, 4) is 0 Å². The Hall–Kier alpha value is -3.78. The van der Waals surface area contributed by atoms with E-state index in [1.165, 1.54) is 30.0 Å². The maximum absolute atomic E-state index is 13.0. The minimum absolute atomic E-state index is 0.112. The fourth-order valence-corrected chi connectivity index (χ4v) is 3.95. The van der Waals surface area contributed by atoms with Gasteiger partial charge in [0.15, 0.2) is 0 Å². The van der Waals surface area contributed by atoms with Crippen molar-refractivity contribution in [2.24, 2.45) is 0 Å². The number of para-hydroxylation sites is 1. The number of benzene rings is 2. The first-order valence-electron chi connectivity index (χ1n) is 10.9. The van der Waals surface area contributed by atoms with Crippen LogP contribution in [-0.2, 0) is 9.59 Å². The highest BCUT2D eigenvalue weighted by Crippen LogP contribution is 2.23. The van der Waals surface area contributed by atoms with Gasteiger partial charge in [0.2, 0.25) is 0 Å². The summed E-state index contributed by atoms with van der Waals surface area (Å²) in [4.78, 5) is 33.6. The maximum atomic E-state index is 13.0. The number of amides is 2. The molecule has 2 aromatic carbocycles. The Morgan fingerprint density at radius 3 is 2.30 bits per heavy atom. The minimum atomic E-state index is -0.791. The number of rotatable bonds is 6. The van der Waals surface area contributed by atoms with E-state index in [9.17, 15) is 14.0 Å². The standard InChI is InChI=1S/C25H26FN5O2/c26-20-8-10-21(11-9-20)29-25(33)24(32)28-18-23(19-5-4-12-27-17-19)31-15-13-30(14-16-31)22-6-2-1-3-7-22/h1-12,17,23H,13-16,18H2,(H,28,32)(H,29,33)/t23-/m0/s1. The van der Waals surface area contributed by atoms with Crippen LogP contribution in [0.1, 0.15) is 11.6 Å². The molecule has 1 aliphatic rings. The molecule has 2 amide bonds. The van der Waals surface area contributed by atoms with E-state index in [1.54, 1.807) is 12.4 Å². The molecule has 33 heavy (non-hydrogen) atoms. The number of hydrogen-bond acceptors (Lipinski definition) is 5. The van der Waals surface area contributed by atoms with Gasteiger partial charge < -0.3 is 15.5 Å². The van der Waals surface area contributed by atoms with E-state index < -0.39 is 17.6 Å². The van der Waals surface area contributed by atoms with Gasteiger partial charge in [-0.25, -0.2) is 4.39 Å². The highest BCUT2D eigenvalue weighted by Gasteiger charge is 2.26. The van der Waals surface area contributed by atoms with Crippen molar-refractivity contribution >= 4 is 23.2 Å². The highest BCUT2D eigenvalue weighted by molar-refractivity contribution is 6.39. The molecule has 170 valence electrons. The molecule has 1 saturated heterocycles. The van der Waals surface area contributed by atoms with Crippen LogP contribution in [0.5, 0.6) is 0 Å². The fourth-order valence-electron chi connectivity index (χ4n) is 3.95. The second kappa shape index (κ2) is 10.7. The van der Waals surface area contributed by atoms with E-state index >= 15 is 0 Å². The largest absolute Gasteiger partial charge is 0.369 e. The molecule has 0 aliphatic carbocycles. The molecule has 3 aromatic rings. The Bertz CT molecular complexity index is 1060. The predicted molar refractivity (Wildman–Crippen MR) is 125 cm³/mol. The van der Waals surface area contributed by atoms with E-state index in [-0.39, 0.29) is 12.6 Å². The summed E-state index contributed by atoms with van der Waals surface area (Å²) < 4.78 is 13.0. The van der Waals surface area contributed by atoms with Gasteiger partial charge >= 0.3 is 11.8 Å². The summed E-state index contributed by atoms with van der Waals surface area (Å²) in [5.41, 5.74) is 2.53. The van der Waals surface area contributed by atoms with E-state index in [0.717, 1.165) is 31.7 Å². The molecule has 0 radical (unpaired) electrons. The minimum Gasteiger partial charge on any atom is -0.369 e. The third-order valence-electron chi connectivity index (χ3n) is 5.71. The number of nitrogens with one attached hydrogen (secondary N) is 2. The maximum Gasteiger partial charge on any atom is 0.313 e. The van der Waals surface area contributed by atoms with Crippen LogP contribution in [0.2, 0.25) is 0 Å². The first-order valence-corrected chi connectivity index (χ1v) is 10.9. The lowest BCUT2D eigenvalue weighted by Gasteiger charge is -2.40. The third-order valence-corrected chi connectivity index (χ3v) is 5.71. The molecule has 7 nitrogen and oxygen atoms in total. The Kier molecular flexibility index (Phi) is 7.26. The Morgan fingerprint density at radius 2 is 1.64 bits per heavy atom. The average Bonchev–Trinajstić information content (AvgIpc) is 2.87. The summed E-state index contributed by atoms with van der Waals surface area (Å²) in [5, 5.41) is 5.23. The number of nitrogens with zero attached hydrogens (tertiary/aromatic N) is 3. The lowest BCUT2D eigenvalue weighted by atomic mass is 10.1. The van der Waals surface area contributed by atoms with E-state index in [0.29, 0.717) is 5.69 Å². The fraction of sp³-hybridized carbons (Fsp3) is 0.240. The summed E-state index contributed by atoms with van der Waals surface area (Å²) in [5.74, 6) is -1.94. The van der Waals surface area contributed by atoms with E-state index in [2.05, 4.69) is 37.6 Å². The summed E-state index contributed by atoms with van der Waals surface area (Å²) in [6, 6.07) is 19.3. The number of pyridine rings is 1. The molecule has 2 heterocycles. The topological polar surface area (TPSA) is 77.6 Å². The van der Waals surface area contributed by atoms with Crippen molar-refractivity contribution in [1.82, 2.24) is 15.2 Å². The van der Waals surface area contributed by atoms with Crippen LogP contribution in [0, 0.1) is 5.82 Å². The second-order valence-corrected chi connectivity index (χ2v) is 7.83. The van der Waals surface area contributed by atoms with Gasteiger partial charge in [0.1, 0.15) is 5.82 Å². The smallest absolute Gasteiger partial charge is 0.313 e. The SMILES string of the molecule is O=C(NC[C@@H](c1cccnc1)N1CCN(c2ccccc2)CC1)C(=O)Nc1ccc(F)cc1. The van der Waals surface area contributed by atoms with Crippen molar-refractivity contribution < 1.29 is 14.0 Å². The Labute approximate surface area is 192 Å². The molecular formula is C25H26FN5O2. The van der Waals surface area contributed by atoms with Crippen LogP contribution in [0.3, 0.4) is 0 Å². The lowest BCUT2D eigenvalue weighted by Crippen LogP contribution is -2.50. The first-order chi connectivity index (χ1) is 16.1. The van der Waals surface area contributed by atoms with Gasteiger partial charge in [-0.3, -0.25) is 19.5 Å². The average molecular weight is 448 g/mol. The highest BCUT2D eigenvalue weighted by atomic mass is 19.1. The van der Waals surface area contributed by atoms with Gasteiger partial charge in [-0.2, -0.15) is 0 Å². The van der Waals surface area contributed by atoms with Crippen molar-refractivity contribution in [2.75, 3.05) is 42.9 Å². The molecule has 0 saturated carbocycles. The first kappa shape index (κ1) is 22.4. The number of halogens is 1. The van der Waals surface area contributed by atoms with Crippen LogP contribution in [0.4, 0.5) is 15.8 Å². The zero-order valence-corrected chi connectivity index (χ0v) is 18.2. The third kappa shape index (κ3) is 5.93. The summed E-state index contributed by atoms with van der Waals surface area (Å²) in [6.45, 7) is 3.62. The molecule has 0 bridgehead atoms. The van der Waals surface area contributed by atoms with Crippen LogP contribution >= 0.6 is 0 Å². The van der Waals surface area contributed by atoms with Crippen molar-refractivity contribution in [3.05, 3.63) is 90.5 Å². The molecule has 1 aliphatic heterocycles. The van der Waals surface area contributed by atoms with Gasteiger partial charge in [-0.1, -0.05) is 24.3 Å². The van der Waals surface area contributed by atoms with Crippen molar-refractivity contribution in [1.29, 1.82) is 0 Å². The number of anilines is 2. The van der Waals surface area contributed by atoms with Crippen LogP contribution < -0.4 is 15.5 Å². The zero-order valence-electron chi connectivity index (χ0n) is 18.2. The number of carbonyl (C=O) groups is 2. The molecular weight excluding hydrogens is 421 g/mol. The van der Waals surface area contributed by atoms with E-state index in [1.807, 2.05) is 30.3 Å². The summed E-state index contributed by atoms with van der Waals surface area (Å²) in [6.07, 6.45) is 3.50. The van der Waals surface area contributed by atoms with Crippen molar-refractivity contribution in [2.45, 2.75) is 6.04 Å². The summed E-state index contributed by atoms with van der Waals surface area (Å²) >= 11 is 0. The van der Waals surface area contributed by atoms with Gasteiger partial charge in [0.25, 0.3) is 0 Å². The second-order valence-electron chi connectivity index (χ2n) is 7.83. The number of hydrogen-bond donors (Lipinski definition) is 2. The van der Waals surface area contributed by atoms with Gasteiger partial charge in [0.05, 0.1) is 6.04 Å². The number of carbonyl (C=O) groups excluding carboxylic acids is 2. The van der Waals surface area contributed by atoms with Crippen LogP contribution in [-0.4, -0.2) is 54.4 Å².